The number of allylic oxidation sites excluding steroid dienone is 1. The lowest BCUT2D eigenvalue weighted by atomic mass is 10.1. The number of hydrogen-bond donors (Lipinski definition) is 3. The van der Waals surface area contributed by atoms with Crippen LogP contribution in [0.1, 0.15) is 11.6 Å². The van der Waals surface area contributed by atoms with Crippen molar-refractivity contribution >= 4 is 41.4 Å². The van der Waals surface area contributed by atoms with E-state index in [0.29, 0.717) is 26.0 Å². The first-order valence-electron chi connectivity index (χ1n) is 10.2. The third-order valence-electron chi connectivity index (χ3n) is 4.76. The van der Waals surface area contributed by atoms with Gasteiger partial charge in [-0.2, -0.15) is 13.2 Å². The summed E-state index contributed by atoms with van der Waals surface area (Å²) in [5.41, 5.74) is -0.306. The summed E-state index contributed by atoms with van der Waals surface area (Å²) in [4.78, 5) is 36.5. The number of carbonyl (C=O) groups is 2. The molecule has 0 fully saturated rings. The Morgan fingerprint density at radius 3 is 2.39 bits per heavy atom. The van der Waals surface area contributed by atoms with E-state index in [0.717, 1.165) is 0 Å². The summed E-state index contributed by atoms with van der Waals surface area (Å²) in [6.45, 7) is -0.864. The van der Waals surface area contributed by atoms with Gasteiger partial charge in [0.25, 0.3) is 0 Å². The minimum absolute atomic E-state index is 0.133. The topological polar surface area (TPSA) is 118 Å². The van der Waals surface area contributed by atoms with Gasteiger partial charge in [0.05, 0.1) is 6.04 Å². The molecule has 14 heteroatoms. The van der Waals surface area contributed by atoms with Crippen LogP contribution < -0.4 is 16.3 Å². The Hall–Kier alpha value is -3.77. The van der Waals surface area contributed by atoms with E-state index in [2.05, 4.69) is 15.7 Å². The Morgan fingerprint density at radius 1 is 1.11 bits per heavy atom. The first-order valence-corrected chi connectivity index (χ1v) is 10.9. The molecule has 1 atom stereocenters. The van der Waals surface area contributed by atoms with E-state index in [4.69, 9.17) is 28.3 Å². The van der Waals surface area contributed by atoms with Crippen molar-refractivity contribution in [3.8, 4) is 11.4 Å². The molecule has 0 aliphatic rings. The van der Waals surface area contributed by atoms with Gasteiger partial charge >= 0.3 is 18.0 Å². The molecule has 0 bridgehead atoms. The fourth-order valence-electron chi connectivity index (χ4n) is 3.17. The van der Waals surface area contributed by atoms with Gasteiger partial charge in [0.1, 0.15) is 6.54 Å². The smallest absolute Gasteiger partial charge is 0.411 e. The summed E-state index contributed by atoms with van der Waals surface area (Å²) in [5.74, 6) is -0.889. The summed E-state index contributed by atoms with van der Waals surface area (Å²) in [7, 11) is 0. The zero-order valence-corrected chi connectivity index (χ0v) is 19.7. The SMILES string of the molecule is O=C(O)NC(CNC(=O)Cn1nc(-c2ccc(Cl)cc2)n(/C=C/C(F)(F)F)c1=O)c1ccccc1Cl. The number of halogens is 5. The Bertz CT molecular complexity index is 1340. The van der Waals surface area contributed by atoms with Crippen molar-refractivity contribution in [3.05, 3.63) is 80.7 Å². The molecule has 36 heavy (non-hydrogen) atoms. The van der Waals surface area contributed by atoms with Crippen molar-refractivity contribution in [2.75, 3.05) is 6.54 Å². The van der Waals surface area contributed by atoms with E-state index in [1.165, 1.54) is 24.3 Å². The zero-order chi connectivity index (χ0) is 26.5. The first kappa shape index (κ1) is 26.8. The number of alkyl halides is 3. The number of rotatable bonds is 8. The molecule has 190 valence electrons. The first-order chi connectivity index (χ1) is 16.9. The molecule has 1 heterocycles. The zero-order valence-electron chi connectivity index (χ0n) is 18.2. The van der Waals surface area contributed by atoms with Crippen LogP contribution in [0.2, 0.25) is 10.0 Å². The van der Waals surface area contributed by atoms with Gasteiger partial charge in [0.15, 0.2) is 5.82 Å². The predicted octanol–water partition coefficient (Wildman–Crippen LogP) is 4.18. The van der Waals surface area contributed by atoms with Crippen LogP contribution in [-0.4, -0.2) is 44.2 Å². The Kier molecular flexibility index (Phi) is 8.43. The molecule has 0 aliphatic carbocycles. The van der Waals surface area contributed by atoms with Crippen molar-refractivity contribution in [2.24, 2.45) is 0 Å². The van der Waals surface area contributed by atoms with Crippen molar-refractivity contribution in [1.29, 1.82) is 0 Å². The second-order valence-corrected chi connectivity index (χ2v) is 8.17. The van der Waals surface area contributed by atoms with Gasteiger partial charge in [0.2, 0.25) is 5.91 Å². The number of nitrogens with one attached hydrogen (secondary N) is 2. The molecule has 3 rings (SSSR count). The summed E-state index contributed by atoms with van der Waals surface area (Å²) < 4.78 is 39.6. The summed E-state index contributed by atoms with van der Waals surface area (Å²) in [5, 5.41) is 18.5. The number of amides is 2. The number of benzene rings is 2. The molecule has 2 amide bonds. The fraction of sp³-hybridized carbons (Fsp3) is 0.182. The molecule has 1 unspecified atom stereocenters. The van der Waals surface area contributed by atoms with Crippen LogP contribution in [0.4, 0.5) is 18.0 Å². The molecule has 0 saturated heterocycles. The average molecular weight is 544 g/mol. The maximum absolute atomic E-state index is 12.8. The van der Waals surface area contributed by atoms with E-state index in [1.807, 2.05) is 0 Å². The highest BCUT2D eigenvalue weighted by molar-refractivity contribution is 6.31. The van der Waals surface area contributed by atoms with Gasteiger partial charge in [-0.25, -0.2) is 18.8 Å². The average Bonchev–Trinajstić information content (AvgIpc) is 3.10. The minimum Gasteiger partial charge on any atom is -0.465 e. The number of carbonyl (C=O) groups excluding carboxylic acids is 1. The van der Waals surface area contributed by atoms with Crippen LogP contribution in [0.15, 0.2) is 59.4 Å². The molecular formula is C22H18Cl2F3N5O4. The van der Waals surface area contributed by atoms with E-state index in [1.54, 1.807) is 24.3 Å². The summed E-state index contributed by atoms with van der Waals surface area (Å²) in [6, 6.07) is 11.4. The maximum atomic E-state index is 12.8. The number of aromatic nitrogens is 3. The van der Waals surface area contributed by atoms with Crippen LogP contribution in [0.5, 0.6) is 0 Å². The molecule has 0 spiro atoms. The lowest BCUT2D eigenvalue weighted by molar-refractivity contribution is -0.122. The van der Waals surface area contributed by atoms with Crippen LogP contribution in [0.3, 0.4) is 0 Å². The van der Waals surface area contributed by atoms with Gasteiger partial charge in [-0.1, -0.05) is 41.4 Å². The third-order valence-corrected chi connectivity index (χ3v) is 5.36. The number of nitrogens with zero attached hydrogens (tertiary/aromatic N) is 3. The molecule has 1 aromatic heterocycles. The fourth-order valence-corrected chi connectivity index (χ4v) is 3.56. The van der Waals surface area contributed by atoms with E-state index in [9.17, 15) is 27.6 Å². The van der Waals surface area contributed by atoms with Crippen molar-refractivity contribution in [3.63, 3.8) is 0 Å². The number of hydrogen-bond acceptors (Lipinski definition) is 4. The quantitative estimate of drug-likeness (QED) is 0.394. The molecule has 0 radical (unpaired) electrons. The minimum atomic E-state index is -4.69. The highest BCUT2D eigenvalue weighted by atomic mass is 35.5. The second-order valence-electron chi connectivity index (χ2n) is 7.33. The largest absolute Gasteiger partial charge is 0.465 e. The lowest BCUT2D eigenvalue weighted by Gasteiger charge is -2.19. The Balaban J connectivity index is 1.84. The third kappa shape index (κ3) is 7.12. The highest BCUT2D eigenvalue weighted by Crippen LogP contribution is 2.23. The molecule has 0 saturated carbocycles. The lowest BCUT2D eigenvalue weighted by Crippen LogP contribution is -2.39. The summed E-state index contributed by atoms with van der Waals surface area (Å²) in [6.07, 6.45) is -5.67. The molecule has 2 aromatic carbocycles. The normalized spacial score (nSPS) is 12.5. The van der Waals surface area contributed by atoms with Gasteiger partial charge in [-0.05, 0) is 35.9 Å². The van der Waals surface area contributed by atoms with E-state index >= 15 is 0 Å². The van der Waals surface area contributed by atoms with Gasteiger partial charge < -0.3 is 15.7 Å². The van der Waals surface area contributed by atoms with Crippen molar-refractivity contribution in [2.45, 2.75) is 18.8 Å². The standard InChI is InChI=1S/C22H18Cl2F3N5O4/c23-14-7-5-13(6-8-14)19-30-32(21(36)31(19)10-9-22(25,26)27)12-18(33)28-11-17(29-20(34)35)15-3-1-2-4-16(15)24/h1-10,17,29H,11-12H2,(H,28,33)(H,34,35)/b10-9+. The molecule has 0 aliphatic heterocycles. The molecule has 9 nitrogen and oxygen atoms in total. The second kappa shape index (κ2) is 11.3. The molecule has 3 aromatic rings. The van der Waals surface area contributed by atoms with Crippen molar-refractivity contribution in [1.82, 2.24) is 25.0 Å². The van der Waals surface area contributed by atoms with Gasteiger partial charge in [-0.15, -0.1) is 5.10 Å². The van der Waals surface area contributed by atoms with Gasteiger partial charge in [-0.3, -0.25) is 4.79 Å². The molecule has 3 N–H and O–H groups in total. The highest BCUT2D eigenvalue weighted by Gasteiger charge is 2.24. The number of carboxylic acid groups (broad SMARTS) is 1. The molecular weight excluding hydrogens is 526 g/mol. The monoisotopic (exact) mass is 543 g/mol. The van der Waals surface area contributed by atoms with Crippen LogP contribution in [0.25, 0.3) is 17.6 Å². The van der Waals surface area contributed by atoms with Crippen LogP contribution in [0, 0.1) is 0 Å². The predicted molar refractivity (Wildman–Crippen MR) is 127 cm³/mol. The van der Waals surface area contributed by atoms with E-state index in [-0.39, 0.29) is 29.0 Å². The summed E-state index contributed by atoms with van der Waals surface area (Å²) >= 11 is 12.0. The maximum Gasteiger partial charge on any atom is 0.411 e. The van der Waals surface area contributed by atoms with Crippen LogP contribution in [-0.2, 0) is 11.3 Å². The van der Waals surface area contributed by atoms with Crippen molar-refractivity contribution < 1.29 is 27.9 Å². The Labute approximate surface area is 211 Å². The van der Waals surface area contributed by atoms with Crippen LogP contribution >= 0.6 is 23.2 Å². The van der Waals surface area contributed by atoms with Gasteiger partial charge in [0, 0.05) is 34.4 Å². The van der Waals surface area contributed by atoms with E-state index < -0.39 is 36.5 Å². The Morgan fingerprint density at radius 2 is 1.78 bits per heavy atom.